The predicted molar refractivity (Wildman–Crippen MR) is 128 cm³/mol. The lowest BCUT2D eigenvalue weighted by Crippen LogP contribution is -1.98. The van der Waals surface area contributed by atoms with Crippen molar-refractivity contribution in [3.8, 4) is 0 Å². The van der Waals surface area contributed by atoms with E-state index in [1.54, 1.807) is 19.1 Å². The summed E-state index contributed by atoms with van der Waals surface area (Å²) in [7, 11) is 0. The molecule has 4 rings (SSSR count). The molecule has 1 aliphatic rings. The highest BCUT2D eigenvalue weighted by molar-refractivity contribution is 9.10. The lowest BCUT2D eigenvalue weighted by atomic mass is 10.0. The summed E-state index contributed by atoms with van der Waals surface area (Å²) >= 11 is 5.04. The predicted octanol–water partition coefficient (Wildman–Crippen LogP) is 7.01. The Bertz CT molecular complexity index is 1130. The highest BCUT2D eigenvalue weighted by Crippen LogP contribution is 2.50. The first-order valence-electron chi connectivity index (χ1n) is 10.4. The molecule has 1 unspecified atom stereocenters. The van der Waals surface area contributed by atoms with Gasteiger partial charge in [0.15, 0.2) is 0 Å². The second kappa shape index (κ2) is 9.19. The van der Waals surface area contributed by atoms with Crippen LogP contribution >= 0.6 is 27.7 Å². The summed E-state index contributed by atoms with van der Waals surface area (Å²) in [4.78, 5) is 13.4. The van der Waals surface area contributed by atoms with Gasteiger partial charge in [0, 0.05) is 14.3 Å². The van der Waals surface area contributed by atoms with Crippen molar-refractivity contribution in [2.75, 3.05) is 0 Å². The van der Waals surface area contributed by atoms with Crippen molar-refractivity contribution in [2.24, 2.45) is 5.92 Å². The number of carbonyl (C=O) groups is 1. The van der Waals surface area contributed by atoms with Gasteiger partial charge in [-0.1, -0.05) is 64.1 Å². The van der Waals surface area contributed by atoms with E-state index >= 15 is 0 Å². The Kier molecular flexibility index (Phi) is 6.56. The van der Waals surface area contributed by atoms with Gasteiger partial charge in [-0.15, -0.1) is 0 Å². The van der Waals surface area contributed by atoms with Gasteiger partial charge in [0.05, 0.1) is 11.7 Å². The summed E-state index contributed by atoms with van der Waals surface area (Å²) in [6.07, 6.45) is 1.66. The highest BCUT2D eigenvalue weighted by Gasteiger charge is 2.38. The minimum Gasteiger partial charge on any atom is -0.478 e. The highest BCUT2D eigenvalue weighted by atomic mass is 79.9. The molecule has 31 heavy (non-hydrogen) atoms. The Morgan fingerprint density at radius 1 is 1.13 bits per heavy atom. The first kappa shape index (κ1) is 22.1. The van der Waals surface area contributed by atoms with E-state index in [0.29, 0.717) is 17.4 Å². The smallest absolute Gasteiger partial charge is 0.336 e. The molecule has 3 aromatic carbocycles. The maximum atomic E-state index is 11.6. The zero-order valence-corrected chi connectivity index (χ0v) is 19.9. The number of hydrogen-bond acceptors (Lipinski definition) is 3. The molecule has 0 aromatic heterocycles. The number of benzene rings is 3. The van der Waals surface area contributed by atoms with Crippen LogP contribution in [0, 0.1) is 12.8 Å². The van der Waals surface area contributed by atoms with Crippen molar-refractivity contribution in [2.45, 2.75) is 48.5 Å². The van der Waals surface area contributed by atoms with E-state index in [0.717, 1.165) is 38.2 Å². The van der Waals surface area contributed by atoms with Crippen LogP contribution in [0.4, 0.5) is 0 Å². The quantitative estimate of drug-likeness (QED) is 0.369. The van der Waals surface area contributed by atoms with Crippen LogP contribution in [0.25, 0.3) is 0 Å². The zero-order chi connectivity index (χ0) is 22.1. The number of aliphatic hydroxyl groups excluding tert-OH is 1. The van der Waals surface area contributed by atoms with Crippen LogP contribution in [-0.2, 0) is 6.42 Å². The lowest BCUT2D eigenvalue weighted by Gasteiger charge is -2.12. The third-order valence-electron chi connectivity index (χ3n) is 5.91. The molecule has 0 aliphatic heterocycles. The second-order valence-corrected chi connectivity index (χ2v) is 10.2. The van der Waals surface area contributed by atoms with Gasteiger partial charge in [-0.05, 0) is 85.0 Å². The van der Waals surface area contributed by atoms with Crippen LogP contribution < -0.4 is 0 Å². The normalized spacial score (nSPS) is 18.6. The van der Waals surface area contributed by atoms with Gasteiger partial charge in [-0.2, -0.15) is 0 Å². The van der Waals surface area contributed by atoms with Gasteiger partial charge < -0.3 is 10.2 Å². The minimum atomic E-state index is -0.898. The summed E-state index contributed by atoms with van der Waals surface area (Å²) in [6.45, 7) is 3.86. The SMILES string of the molecule is Cc1ccc([C@H]2CC2Cc2ccc(Br)c([C@@H](C)O)c2)cc1Sc1ccccc1C(=O)O. The molecule has 5 heteroatoms. The van der Waals surface area contributed by atoms with E-state index in [2.05, 4.69) is 53.2 Å². The molecule has 0 radical (unpaired) electrons. The maximum Gasteiger partial charge on any atom is 0.336 e. The van der Waals surface area contributed by atoms with E-state index in [4.69, 9.17) is 0 Å². The topological polar surface area (TPSA) is 57.5 Å². The molecule has 3 nitrogen and oxygen atoms in total. The average molecular weight is 497 g/mol. The number of carboxylic acid groups (broad SMARTS) is 1. The largest absolute Gasteiger partial charge is 0.478 e. The van der Waals surface area contributed by atoms with Gasteiger partial charge in [0.1, 0.15) is 0 Å². The number of hydrogen-bond donors (Lipinski definition) is 2. The molecule has 0 heterocycles. The van der Waals surface area contributed by atoms with Crippen LogP contribution in [0.3, 0.4) is 0 Å². The van der Waals surface area contributed by atoms with Crippen LogP contribution in [-0.4, -0.2) is 16.2 Å². The minimum absolute atomic E-state index is 0.339. The first-order valence-corrected chi connectivity index (χ1v) is 12.0. The molecule has 1 fully saturated rings. The van der Waals surface area contributed by atoms with Crippen LogP contribution in [0.2, 0.25) is 0 Å². The first-order chi connectivity index (χ1) is 14.8. The number of carboxylic acids is 1. The van der Waals surface area contributed by atoms with Crippen molar-refractivity contribution in [1.82, 2.24) is 0 Å². The molecule has 1 aliphatic carbocycles. The molecular weight excluding hydrogens is 472 g/mol. The lowest BCUT2D eigenvalue weighted by molar-refractivity contribution is 0.0693. The fraction of sp³-hybridized carbons (Fsp3) is 0.269. The van der Waals surface area contributed by atoms with E-state index in [1.807, 2.05) is 18.2 Å². The van der Waals surface area contributed by atoms with Crippen molar-refractivity contribution >= 4 is 33.7 Å². The van der Waals surface area contributed by atoms with Gasteiger partial charge in [-0.3, -0.25) is 0 Å². The molecule has 0 spiro atoms. The average Bonchev–Trinajstić information content (AvgIpc) is 3.50. The monoisotopic (exact) mass is 496 g/mol. The second-order valence-electron chi connectivity index (χ2n) is 8.27. The van der Waals surface area contributed by atoms with Crippen LogP contribution in [0.15, 0.2) is 74.9 Å². The molecule has 2 N–H and O–H groups in total. The number of halogens is 1. The standard InChI is InChI=1S/C26H25BrO3S/c1-15-7-9-18(14-25(15)31-24-6-4-3-5-20(24)26(29)30)22-13-19(22)11-17-8-10-23(27)21(12-17)16(2)28/h3-10,12,14,16,19,22,28H,11,13H2,1-2H3,(H,29,30)/t16-,19?,22-/m1/s1. The molecule has 0 bridgehead atoms. The fourth-order valence-electron chi connectivity index (χ4n) is 4.03. The summed E-state index contributed by atoms with van der Waals surface area (Å²) in [6, 6.07) is 20.0. The van der Waals surface area contributed by atoms with Crippen LogP contribution in [0.5, 0.6) is 0 Å². The van der Waals surface area contributed by atoms with Gasteiger partial charge in [-0.25, -0.2) is 4.79 Å². The Labute approximate surface area is 195 Å². The molecule has 3 aromatic rings. The summed E-state index contributed by atoms with van der Waals surface area (Å²) in [5.74, 6) is 0.216. The maximum absolute atomic E-state index is 11.6. The Morgan fingerprint density at radius 2 is 1.90 bits per heavy atom. The van der Waals surface area contributed by atoms with E-state index in [1.165, 1.54) is 22.9 Å². The molecular formula is C26H25BrO3S. The van der Waals surface area contributed by atoms with Crippen LogP contribution in [0.1, 0.15) is 58.0 Å². The van der Waals surface area contributed by atoms with Crippen molar-refractivity contribution < 1.29 is 15.0 Å². The van der Waals surface area contributed by atoms with Gasteiger partial charge >= 0.3 is 5.97 Å². The van der Waals surface area contributed by atoms with E-state index in [9.17, 15) is 15.0 Å². The van der Waals surface area contributed by atoms with Gasteiger partial charge in [0.2, 0.25) is 0 Å². The number of aliphatic hydroxyl groups is 1. The molecule has 0 saturated heterocycles. The summed E-state index contributed by atoms with van der Waals surface area (Å²) in [5.41, 5.74) is 5.00. The molecule has 160 valence electrons. The number of aromatic carboxylic acids is 1. The summed E-state index contributed by atoms with van der Waals surface area (Å²) in [5, 5.41) is 19.5. The Hall–Kier alpha value is -2.08. The Balaban J connectivity index is 1.50. The fourth-order valence-corrected chi connectivity index (χ4v) is 5.68. The number of aryl methyl sites for hydroxylation is 1. The Morgan fingerprint density at radius 3 is 2.65 bits per heavy atom. The van der Waals surface area contributed by atoms with Crippen molar-refractivity contribution in [3.05, 3.63) is 93.0 Å². The van der Waals surface area contributed by atoms with Crippen molar-refractivity contribution in [1.29, 1.82) is 0 Å². The third-order valence-corrected chi connectivity index (χ3v) is 7.87. The van der Waals surface area contributed by atoms with E-state index in [-0.39, 0.29) is 0 Å². The summed E-state index contributed by atoms with van der Waals surface area (Å²) < 4.78 is 0.945. The number of rotatable bonds is 7. The molecule has 1 saturated carbocycles. The third kappa shape index (κ3) is 5.05. The van der Waals surface area contributed by atoms with Crippen molar-refractivity contribution in [3.63, 3.8) is 0 Å². The molecule has 0 amide bonds. The molecule has 3 atom stereocenters. The zero-order valence-electron chi connectivity index (χ0n) is 17.5. The van der Waals surface area contributed by atoms with E-state index < -0.39 is 12.1 Å². The van der Waals surface area contributed by atoms with Gasteiger partial charge in [0.25, 0.3) is 0 Å².